The maximum absolute atomic E-state index is 11.6. The van der Waals surface area contributed by atoms with E-state index in [9.17, 15) is 9.59 Å². The van der Waals surface area contributed by atoms with E-state index in [-0.39, 0.29) is 12.5 Å². The van der Waals surface area contributed by atoms with Crippen molar-refractivity contribution in [2.75, 3.05) is 25.5 Å². The third-order valence-corrected chi connectivity index (χ3v) is 2.75. The van der Waals surface area contributed by atoms with Gasteiger partial charge in [0.1, 0.15) is 6.54 Å². The second-order valence-electron chi connectivity index (χ2n) is 4.29. The van der Waals surface area contributed by atoms with Gasteiger partial charge in [0, 0.05) is 19.8 Å². The monoisotopic (exact) mass is 234 g/mol. The predicted molar refractivity (Wildman–Crippen MR) is 68.0 cm³/mol. The van der Waals surface area contributed by atoms with Gasteiger partial charge < -0.3 is 9.80 Å². The summed E-state index contributed by atoms with van der Waals surface area (Å²) in [6.07, 6.45) is 0.686. The minimum Gasteiger partial charge on any atom is -0.347 e. The van der Waals surface area contributed by atoms with Gasteiger partial charge in [-0.2, -0.15) is 0 Å². The van der Waals surface area contributed by atoms with Gasteiger partial charge in [-0.1, -0.05) is 6.07 Å². The van der Waals surface area contributed by atoms with Crippen molar-refractivity contribution in [3.05, 3.63) is 29.3 Å². The van der Waals surface area contributed by atoms with Gasteiger partial charge in [0.25, 0.3) is 0 Å². The fraction of sp³-hybridized carbons (Fsp3) is 0.385. The molecule has 92 valence electrons. The van der Waals surface area contributed by atoms with Crippen LogP contribution in [0.5, 0.6) is 0 Å². The summed E-state index contributed by atoms with van der Waals surface area (Å²) >= 11 is 0. The van der Waals surface area contributed by atoms with E-state index in [1.54, 1.807) is 14.1 Å². The molecular formula is C13H18N2O2. The maximum atomic E-state index is 11.6. The normalized spacial score (nSPS) is 9.88. The summed E-state index contributed by atoms with van der Waals surface area (Å²) in [5.41, 5.74) is 3.02. The number of carbonyl (C=O) groups excluding carboxylic acids is 2. The van der Waals surface area contributed by atoms with Crippen LogP contribution in [0.3, 0.4) is 0 Å². The van der Waals surface area contributed by atoms with Crippen LogP contribution in [-0.2, 0) is 9.59 Å². The molecule has 0 heterocycles. The molecule has 0 saturated heterocycles. The largest absolute Gasteiger partial charge is 0.347 e. The van der Waals surface area contributed by atoms with Crippen LogP contribution in [0.1, 0.15) is 11.1 Å². The summed E-state index contributed by atoms with van der Waals surface area (Å²) in [7, 11) is 3.34. The highest BCUT2D eigenvalue weighted by atomic mass is 16.2. The number of likely N-dealkylation sites (N-methyl/N-ethyl adjacent to an activating group) is 1. The molecule has 0 aliphatic carbocycles. The maximum Gasteiger partial charge on any atom is 0.242 e. The summed E-state index contributed by atoms with van der Waals surface area (Å²) in [4.78, 5) is 25.5. The molecule has 0 saturated carbocycles. The average molecular weight is 234 g/mol. The van der Waals surface area contributed by atoms with E-state index in [1.807, 2.05) is 32.0 Å². The standard InChI is InChI=1S/C13H18N2O2/c1-10-5-6-12(7-11(10)2)15(9-16)8-13(17)14(3)4/h5-7,9H,8H2,1-4H3. The zero-order valence-corrected chi connectivity index (χ0v) is 10.7. The molecule has 0 aromatic heterocycles. The van der Waals surface area contributed by atoms with Gasteiger partial charge in [-0.3, -0.25) is 9.59 Å². The summed E-state index contributed by atoms with van der Waals surface area (Å²) in [6.45, 7) is 4.06. The van der Waals surface area contributed by atoms with E-state index in [2.05, 4.69) is 0 Å². The van der Waals surface area contributed by atoms with Crippen molar-refractivity contribution in [2.24, 2.45) is 0 Å². The van der Waals surface area contributed by atoms with Gasteiger partial charge >= 0.3 is 0 Å². The van der Waals surface area contributed by atoms with Gasteiger partial charge in [0.2, 0.25) is 12.3 Å². The first kappa shape index (κ1) is 13.2. The van der Waals surface area contributed by atoms with Crippen molar-refractivity contribution in [1.29, 1.82) is 0 Å². The van der Waals surface area contributed by atoms with E-state index >= 15 is 0 Å². The molecule has 0 fully saturated rings. The van der Waals surface area contributed by atoms with Crippen LogP contribution in [-0.4, -0.2) is 37.9 Å². The number of aryl methyl sites for hydroxylation is 2. The fourth-order valence-electron chi connectivity index (χ4n) is 1.38. The number of carbonyl (C=O) groups is 2. The Bertz CT molecular complexity index is 427. The molecule has 0 aliphatic heterocycles. The van der Waals surface area contributed by atoms with E-state index in [0.29, 0.717) is 6.41 Å². The van der Waals surface area contributed by atoms with Gasteiger partial charge in [0.15, 0.2) is 0 Å². The Kier molecular flexibility index (Phi) is 4.26. The van der Waals surface area contributed by atoms with Gasteiger partial charge in [-0.25, -0.2) is 0 Å². The number of amides is 2. The molecule has 0 N–H and O–H groups in total. The summed E-state index contributed by atoms with van der Waals surface area (Å²) in [5.74, 6) is -0.102. The minimum absolute atomic E-state index is 0.0685. The Balaban J connectivity index is 2.90. The third-order valence-electron chi connectivity index (χ3n) is 2.75. The predicted octanol–water partition coefficient (Wildman–Crippen LogP) is 1.35. The second kappa shape index (κ2) is 5.48. The molecule has 0 bridgehead atoms. The first-order valence-electron chi connectivity index (χ1n) is 5.45. The molecule has 1 aromatic rings. The van der Waals surface area contributed by atoms with Crippen molar-refractivity contribution in [1.82, 2.24) is 4.90 Å². The summed E-state index contributed by atoms with van der Waals surface area (Å²) < 4.78 is 0. The molecule has 2 amide bonds. The lowest BCUT2D eigenvalue weighted by molar-refractivity contribution is -0.128. The van der Waals surface area contributed by atoms with Gasteiger partial charge in [-0.15, -0.1) is 0 Å². The molecule has 17 heavy (non-hydrogen) atoms. The van der Waals surface area contributed by atoms with E-state index in [0.717, 1.165) is 11.3 Å². The molecular weight excluding hydrogens is 216 g/mol. The molecule has 1 aromatic carbocycles. The molecule has 1 rings (SSSR count). The number of rotatable bonds is 4. The van der Waals surface area contributed by atoms with E-state index < -0.39 is 0 Å². The van der Waals surface area contributed by atoms with Crippen molar-refractivity contribution >= 4 is 18.0 Å². The number of hydrogen-bond donors (Lipinski definition) is 0. The molecule has 0 unspecified atom stereocenters. The Labute approximate surface area is 102 Å². The summed E-state index contributed by atoms with van der Waals surface area (Å²) in [5, 5.41) is 0. The lowest BCUT2D eigenvalue weighted by Crippen LogP contribution is -2.35. The lowest BCUT2D eigenvalue weighted by Gasteiger charge is -2.20. The topological polar surface area (TPSA) is 40.6 Å². The van der Waals surface area contributed by atoms with Crippen LogP contribution in [0, 0.1) is 13.8 Å². The smallest absolute Gasteiger partial charge is 0.242 e. The number of nitrogens with zero attached hydrogens (tertiary/aromatic N) is 2. The second-order valence-corrected chi connectivity index (χ2v) is 4.29. The Morgan fingerprint density at radius 2 is 1.88 bits per heavy atom. The third kappa shape index (κ3) is 3.31. The van der Waals surface area contributed by atoms with Crippen molar-refractivity contribution in [2.45, 2.75) is 13.8 Å². The van der Waals surface area contributed by atoms with Crippen LogP contribution in [0.4, 0.5) is 5.69 Å². The molecule has 4 nitrogen and oxygen atoms in total. The molecule has 0 spiro atoms. The van der Waals surface area contributed by atoms with E-state index in [4.69, 9.17) is 0 Å². The fourth-order valence-corrected chi connectivity index (χ4v) is 1.38. The average Bonchev–Trinajstić information content (AvgIpc) is 2.29. The Morgan fingerprint density at radius 3 is 2.35 bits per heavy atom. The van der Waals surface area contributed by atoms with E-state index in [1.165, 1.54) is 15.4 Å². The molecule has 4 heteroatoms. The van der Waals surface area contributed by atoms with Gasteiger partial charge in [-0.05, 0) is 37.1 Å². The van der Waals surface area contributed by atoms with Crippen molar-refractivity contribution in [3.8, 4) is 0 Å². The number of anilines is 1. The molecule has 0 atom stereocenters. The van der Waals surface area contributed by atoms with Crippen LogP contribution in [0.25, 0.3) is 0 Å². The van der Waals surface area contributed by atoms with Crippen LogP contribution < -0.4 is 4.90 Å². The first-order chi connectivity index (χ1) is 7.95. The number of hydrogen-bond acceptors (Lipinski definition) is 2. The quantitative estimate of drug-likeness (QED) is 0.738. The lowest BCUT2D eigenvalue weighted by atomic mass is 10.1. The zero-order valence-electron chi connectivity index (χ0n) is 10.7. The van der Waals surface area contributed by atoms with Crippen LogP contribution in [0.15, 0.2) is 18.2 Å². The van der Waals surface area contributed by atoms with Crippen molar-refractivity contribution < 1.29 is 9.59 Å². The molecule has 0 radical (unpaired) electrons. The highest BCUT2D eigenvalue weighted by molar-refractivity contribution is 5.88. The molecule has 0 aliphatic rings. The zero-order chi connectivity index (χ0) is 13.0. The Hall–Kier alpha value is -1.84. The van der Waals surface area contributed by atoms with Gasteiger partial charge in [0.05, 0.1) is 0 Å². The van der Waals surface area contributed by atoms with Crippen molar-refractivity contribution in [3.63, 3.8) is 0 Å². The summed E-state index contributed by atoms with van der Waals surface area (Å²) in [6, 6.07) is 5.70. The highest BCUT2D eigenvalue weighted by Gasteiger charge is 2.12. The first-order valence-corrected chi connectivity index (χ1v) is 5.45. The number of benzene rings is 1. The van der Waals surface area contributed by atoms with Crippen LogP contribution >= 0.6 is 0 Å². The highest BCUT2D eigenvalue weighted by Crippen LogP contribution is 2.17. The Morgan fingerprint density at radius 1 is 1.24 bits per heavy atom. The minimum atomic E-state index is -0.102. The SMILES string of the molecule is Cc1ccc(N(C=O)CC(=O)N(C)C)cc1C. The van der Waals surface area contributed by atoms with Crippen LogP contribution in [0.2, 0.25) is 0 Å².